The maximum Gasteiger partial charge on any atom is 0.245 e. The number of sulfonamides is 1. The standard InChI is InChI=1S/C31H36N4O4S/c1-34(21-23-9-4-3-5-10-23)30(37)27(19-24-11-8-18-32-20-24)33-29(36)25-14-16-31(17-15-25)22-35(40(2,38)39)28-13-7-6-12-26(28)31/h3-13,18,20,25,27H,14-17,19,21-22H2,1-2H3,(H,33,36)/t25-,27-,31-/m0/s1. The van der Waals surface area contributed by atoms with Gasteiger partial charge in [-0.2, -0.15) is 0 Å². The summed E-state index contributed by atoms with van der Waals surface area (Å²) in [5, 5.41) is 3.07. The van der Waals surface area contributed by atoms with Crippen molar-refractivity contribution in [2.75, 3.05) is 24.2 Å². The maximum atomic E-state index is 13.6. The van der Waals surface area contributed by atoms with Crippen LogP contribution in [0.15, 0.2) is 79.1 Å². The number of benzene rings is 2. The molecule has 1 spiro atoms. The van der Waals surface area contributed by atoms with Crippen LogP contribution >= 0.6 is 0 Å². The zero-order chi connectivity index (χ0) is 28.3. The molecule has 1 aliphatic carbocycles. The quantitative estimate of drug-likeness (QED) is 0.453. The van der Waals surface area contributed by atoms with Crippen molar-refractivity contribution >= 4 is 27.5 Å². The van der Waals surface area contributed by atoms with E-state index in [1.54, 1.807) is 24.3 Å². The van der Waals surface area contributed by atoms with E-state index in [1.165, 1.54) is 10.6 Å². The molecule has 8 nitrogen and oxygen atoms in total. The van der Waals surface area contributed by atoms with E-state index >= 15 is 0 Å². The number of nitrogens with zero attached hydrogens (tertiary/aromatic N) is 3. The van der Waals surface area contributed by atoms with E-state index in [0.717, 1.165) is 22.4 Å². The largest absolute Gasteiger partial charge is 0.344 e. The first kappa shape index (κ1) is 27.8. The highest BCUT2D eigenvalue weighted by Crippen LogP contribution is 2.50. The maximum absolute atomic E-state index is 13.6. The fourth-order valence-corrected chi connectivity index (χ4v) is 7.18. The van der Waals surface area contributed by atoms with Crippen LogP contribution in [-0.4, -0.2) is 56.0 Å². The minimum Gasteiger partial charge on any atom is -0.344 e. The summed E-state index contributed by atoms with van der Waals surface area (Å²) in [6.45, 7) is 0.854. The number of hydrogen-bond donors (Lipinski definition) is 1. The lowest BCUT2D eigenvalue weighted by atomic mass is 9.67. The van der Waals surface area contributed by atoms with Gasteiger partial charge in [0.1, 0.15) is 6.04 Å². The Kier molecular flexibility index (Phi) is 7.94. The van der Waals surface area contributed by atoms with Gasteiger partial charge in [-0.05, 0) is 54.5 Å². The van der Waals surface area contributed by atoms with Crippen LogP contribution in [-0.2, 0) is 38.0 Å². The van der Waals surface area contributed by atoms with Crippen LogP contribution in [0.4, 0.5) is 5.69 Å². The van der Waals surface area contributed by atoms with Crippen molar-refractivity contribution in [1.29, 1.82) is 0 Å². The molecule has 2 amide bonds. The average molecular weight is 561 g/mol. The van der Waals surface area contributed by atoms with Crippen LogP contribution in [0, 0.1) is 5.92 Å². The number of para-hydroxylation sites is 1. The summed E-state index contributed by atoms with van der Waals surface area (Å²) in [5.74, 6) is -0.521. The van der Waals surface area contributed by atoms with Gasteiger partial charge in [0.25, 0.3) is 0 Å². The molecule has 9 heteroatoms. The smallest absolute Gasteiger partial charge is 0.245 e. The lowest BCUT2D eigenvalue weighted by molar-refractivity contribution is -0.137. The third-order valence-electron chi connectivity index (χ3n) is 8.32. The molecule has 0 radical (unpaired) electrons. The SMILES string of the molecule is CN(Cc1ccccc1)C(=O)[C@H](Cc1cccnc1)NC(=O)[C@H]1CC[C@]2(CC1)CN(S(C)(=O)=O)c1ccccc12. The molecular formula is C31H36N4O4S. The highest BCUT2D eigenvalue weighted by molar-refractivity contribution is 7.92. The van der Waals surface area contributed by atoms with Crippen LogP contribution in [0.5, 0.6) is 0 Å². The third-order valence-corrected chi connectivity index (χ3v) is 9.45. The predicted molar refractivity (Wildman–Crippen MR) is 155 cm³/mol. The van der Waals surface area contributed by atoms with Gasteiger partial charge >= 0.3 is 0 Å². The second kappa shape index (κ2) is 11.4. The van der Waals surface area contributed by atoms with Crippen LogP contribution in [0.3, 0.4) is 0 Å². The molecule has 0 unspecified atom stereocenters. The van der Waals surface area contributed by atoms with E-state index in [4.69, 9.17) is 0 Å². The summed E-state index contributed by atoms with van der Waals surface area (Å²) >= 11 is 0. The highest BCUT2D eigenvalue weighted by atomic mass is 32.2. The predicted octanol–water partition coefficient (Wildman–Crippen LogP) is 3.68. The van der Waals surface area contributed by atoms with Crippen molar-refractivity contribution in [3.8, 4) is 0 Å². The molecular weight excluding hydrogens is 524 g/mol. The molecule has 1 aromatic heterocycles. The number of rotatable bonds is 8. The number of carbonyl (C=O) groups excluding carboxylic acids is 2. The molecule has 40 heavy (non-hydrogen) atoms. The highest BCUT2D eigenvalue weighted by Gasteiger charge is 2.48. The Labute approximate surface area is 236 Å². The Morgan fingerprint density at radius 3 is 2.38 bits per heavy atom. The van der Waals surface area contributed by atoms with E-state index < -0.39 is 16.1 Å². The molecule has 1 atom stereocenters. The number of anilines is 1. The van der Waals surface area contributed by atoms with E-state index in [2.05, 4.69) is 10.3 Å². The Morgan fingerprint density at radius 1 is 1.02 bits per heavy atom. The van der Waals surface area contributed by atoms with Gasteiger partial charge < -0.3 is 10.2 Å². The number of fused-ring (bicyclic) bond motifs is 2. The minimum absolute atomic E-state index is 0.128. The Balaban J connectivity index is 1.28. The van der Waals surface area contributed by atoms with Gasteiger partial charge in [-0.1, -0.05) is 54.6 Å². The van der Waals surface area contributed by atoms with E-state index in [1.807, 2.05) is 66.7 Å². The van der Waals surface area contributed by atoms with Crippen LogP contribution in [0.1, 0.15) is 42.4 Å². The van der Waals surface area contributed by atoms with Gasteiger partial charge in [-0.3, -0.25) is 18.9 Å². The van der Waals surface area contributed by atoms with Gasteiger partial charge in [0, 0.05) is 50.3 Å². The lowest BCUT2D eigenvalue weighted by Crippen LogP contribution is -2.51. The first-order valence-corrected chi connectivity index (χ1v) is 15.6. The summed E-state index contributed by atoms with van der Waals surface area (Å²) in [4.78, 5) is 33.0. The number of amides is 2. The van der Waals surface area contributed by atoms with Crippen molar-refractivity contribution in [2.45, 2.75) is 50.1 Å². The van der Waals surface area contributed by atoms with E-state index in [9.17, 15) is 18.0 Å². The molecule has 5 rings (SSSR count). The van der Waals surface area contributed by atoms with Crippen LogP contribution < -0.4 is 9.62 Å². The number of hydrogen-bond acceptors (Lipinski definition) is 5. The van der Waals surface area contributed by atoms with Gasteiger partial charge in [-0.25, -0.2) is 8.42 Å². The molecule has 1 saturated carbocycles. The molecule has 1 fully saturated rings. The second-order valence-corrected chi connectivity index (χ2v) is 13.1. The Hall–Kier alpha value is -3.72. The van der Waals surface area contributed by atoms with Crippen LogP contribution in [0.2, 0.25) is 0 Å². The normalized spacial score (nSPS) is 21.1. The van der Waals surface area contributed by atoms with Crippen molar-refractivity contribution in [2.24, 2.45) is 5.92 Å². The summed E-state index contributed by atoms with van der Waals surface area (Å²) in [5.41, 5.74) is 3.39. The fourth-order valence-electron chi connectivity index (χ4n) is 6.19. The van der Waals surface area contributed by atoms with Gasteiger partial charge in [0.2, 0.25) is 21.8 Å². The second-order valence-electron chi connectivity index (χ2n) is 11.1. The van der Waals surface area contributed by atoms with Gasteiger partial charge in [-0.15, -0.1) is 0 Å². The molecule has 3 aromatic rings. The molecule has 210 valence electrons. The molecule has 2 aliphatic rings. The van der Waals surface area contributed by atoms with Crippen molar-refractivity contribution in [1.82, 2.24) is 15.2 Å². The van der Waals surface area contributed by atoms with Crippen molar-refractivity contribution in [3.63, 3.8) is 0 Å². The number of nitrogens with one attached hydrogen (secondary N) is 1. The molecule has 0 bridgehead atoms. The van der Waals surface area contributed by atoms with Crippen molar-refractivity contribution < 1.29 is 18.0 Å². The summed E-state index contributed by atoms with van der Waals surface area (Å²) < 4.78 is 26.6. The Morgan fingerprint density at radius 2 is 1.70 bits per heavy atom. The fraction of sp³-hybridized carbons (Fsp3) is 0.387. The molecule has 0 saturated heterocycles. The van der Waals surface area contributed by atoms with Crippen molar-refractivity contribution in [3.05, 3.63) is 95.8 Å². The van der Waals surface area contributed by atoms with Gasteiger partial charge in [0.05, 0.1) is 11.9 Å². The number of likely N-dealkylation sites (N-methyl/N-ethyl adjacent to an activating group) is 1. The van der Waals surface area contributed by atoms with Crippen LogP contribution in [0.25, 0.3) is 0 Å². The zero-order valence-corrected chi connectivity index (χ0v) is 23.8. The summed E-state index contributed by atoms with van der Waals surface area (Å²) in [6, 6.07) is 20.5. The minimum atomic E-state index is -3.40. The zero-order valence-electron chi connectivity index (χ0n) is 23.0. The topological polar surface area (TPSA) is 99.7 Å². The van der Waals surface area contributed by atoms with Gasteiger partial charge in [0.15, 0.2) is 0 Å². The number of pyridine rings is 1. The van der Waals surface area contributed by atoms with E-state index in [0.29, 0.717) is 45.2 Å². The number of aromatic nitrogens is 1. The van der Waals surface area contributed by atoms with E-state index in [-0.39, 0.29) is 23.1 Å². The molecule has 2 heterocycles. The summed E-state index contributed by atoms with van der Waals surface area (Å²) in [6.07, 6.45) is 7.69. The molecule has 1 N–H and O–H groups in total. The monoisotopic (exact) mass is 560 g/mol. The first-order valence-electron chi connectivity index (χ1n) is 13.7. The molecule has 2 aromatic carbocycles. The summed E-state index contributed by atoms with van der Waals surface area (Å²) in [7, 11) is -1.64. The third kappa shape index (κ3) is 5.89. The number of carbonyl (C=O) groups is 2. The molecule has 1 aliphatic heterocycles. The Bertz CT molecular complexity index is 1450. The lowest BCUT2D eigenvalue weighted by Gasteiger charge is -2.37. The average Bonchev–Trinajstić information content (AvgIpc) is 3.28. The first-order chi connectivity index (χ1) is 19.2.